The summed E-state index contributed by atoms with van der Waals surface area (Å²) in [5, 5.41) is 0. The van der Waals surface area contributed by atoms with Crippen molar-refractivity contribution < 1.29 is 93.3 Å². The monoisotopic (exact) mass is 682 g/mol. The van der Waals surface area contributed by atoms with Gasteiger partial charge in [0.25, 0.3) is 6.36 Å². The first kappa shape index (κ1) is 39.0. The van der Waals surface area contributed by atoms with Gasteiger partial charge in [-0.15, -0.1) is 6.42 Å². The minimum atomic E-state index is -2.25. The van der Waals surface area contributed by atoms with Crippen molar-refractivity contribution in [2.24, 2.45) is 0 Å². The lowest BCUT2D eigenvalue weighted by Crippen LogP contribution is -2.16. The van der Waals surface area contributed by atoms with Gasteiger partial charge < -0.3 is 56.2 Å². The summed E-state index contributed by atoms with van der Waals surface area (Å²) in [6.07, 6.45) is 0.164. The molecule has 0 bridgehead atoms. The van der Waals surface area contributed by atoms with Gasteiger partial charge in [-0.1, -0.05) is 25.7 Å². The van der Waals surface area contributed by atoms with Gasteiger partial charge in [-0.3, -0.25) is 0 Å². The number of cyclic esters (lactones) is 10. The standard InChI is InChI=1S/C7H8O3.C5H6O3.C5H4O3.C3H2F2O3.C3H3FO3.C3H2O3/c1-3-5-6(4-2)10-7(8)9-5;2*1-2-4-3-7-5(6)8-4;4-1-2(5)8-3(6)7-1;4-2-1-6-3(5)7-2;4-3-5-1-2-6-3/h3-6H,1-2H2;2,4H,1,3H2;1,4H,3H2;1-2H;2H,1H2;1-2H. The van der Waals surface area contributed by atoms with Gasteiger partial charge in [-0.05, 0) is 18.2 Å². The van der Waals surface area contributed by atoms with Gasteiger partial charge in [-0.2, -0.15) is 13.2 Å². The Balaban J connectivity index is 0.000000284. The normalized spacial score (nSPS) is 27.1. The molecule has 5 aliphatic rings. The van der Waals surface area contributed by atoms with E-state index in [2.05, 4.69) is 81.9 Å². The second-order valence-corrected chi connectivity index (χ2v) is 7.71. The first-order valence-electron chi connectivity index (χ1n) is 12.3. The Morgan fingerprint density at radius 2 is 1.09 bits per heavy atom. The van der Waals surface area contributed by atoms with Crippen molar-refractivity contribution in [3.05, 3.63) is 61.1 Å². The van der Waals surface area contributed by atoms with Gasteiger partial charge in [0.15, 0.2) is 31.0 Å². The van der Waals surface area contributed by atoms with Gasteiger partial charge in [0.2, 0.25) is 0 Å². The van der Waals surface area contributed by atoms with Crippen LogP contribution in [0, 0.1) is 12.3 Å². The molecule has 18 nitrogen and oxygen atoms in total. The van der Waals surface area contributed by atoms with Crippen LogP contribution in [0.2, 0.25) is 0 Å². The fourth-order valence-electron chi connectivity index (χ4n) is 2.44. The molecule has 6 heterocycles. The molecule has 0 spiro atoms. The number of alkyl halides is 3. The highest BCUT2D eigenvalue weighted by molar-refractivity contribution is 5.64. The van der Waals surface area contributed by atoms with E-state index < -0.39 is 61.8 Å². The van der Waals surface area contributed by atoms with Crippen LogP contribution >= 0.6 is 0 Å². The Morgan fingerprint density at radius 1 is 0.617 bits per heavy atom. The Kier molecular flexibility index (Phi) is 17.2. The lowest BCUT2D eigenvalue weighted by atomic mass is 10.2. The van der Waals surface area contributed by atoms with Crippen molar-refractivity contribution in [2.45, 2.75) is 43.5 Å². The third kappa shape index (κ3) is 16.0. The van der Waals surface area contributed by atoms with E-state index >= 15 is 0 Å². The maximum atomic E-state index is 11.6. The molecule has 0 radical (unpaired) electrons. The number of hydrogen-bond donors (Lipinski definition) is 0. The molecular weight excluding hydrogens is 657 g/mol. The number of rotatable bonds is 3. The number of carbonyl (C=O) groups is 5. The van der Waals surface area contributed by atoms with Crippen LogP contribution in [-0.4, -0.2) is 94.1 Å². The molecule has 21 heteroatoms. The third-order valence-electron chi connectivity index (χ3n) is 4.47. The number of terminal acetylenes is 1. The van der Waals surface area contributed by atoms with E-state index in [1.165, 1.54) is 30.8 Å². The average Bonchev–Trinajstić information content (AvgIpc) is 3.90. The smallest absolute Gasteiger partial charge is 0.430 e. The maximum Gasteiger partial charge on any atom is 0.518 e. The first-order chi connectivity index (χ1) is 22.3. The highest BCUT2D eigenvalue weighted by Gasteiger charge is 2.36. The summed E-state index contributed by atoms with van der Waals surface area (Å²) >= 11 is 0. The van der Waals surface area contributed by atoms with E-state index in [1.54, 1.807) is 0 Å². The Labute approximate surface area is 261 Å². The van der Waals surface area contributed by atoms with Crippen molar-refractivity contribution in [1.82, 2.24) is 0 Å². The molecule has 7 atom stereocenters. The molecule has 5 fully saturated rings. The molecule has 47 heavy (non-hydrogen) atoms. The van der Waals surface area contributed by atoms with E-state index in [4.69, 9.17) is 6.42 Å². The lowest BCUT2D eigenvalue weighted by Gasteiger charge is -2.03. The quantitative estimate of drug-likeness (QED) is 0.192. The van der Waals surface area contributed by atoms with Gasteiger partial charge in [0.05, 0.1) is 0 Å². The molecule has 5 saturated heterocycles. The van der Waals surface area contributed by atoms with Crippen LogP contribution in [-0.2, 0) is 47.4 Å². The highest BCUT2D eigenvalue weighted by Crippen LogP contribution is 2.17. The number of ether oxygens (including phenoxy) is 10. The summed E-state index contributed by atoms with van der Waals surface area (Å²) in [5.41, 5.74) is 0. The van der Waals surface area contributed by atoms with Crippen molar-refractivity contribution >= 4 is 30.8 Å². The van der Waals surface area contributed by atoms with Crippen LogP contribution in [0.15, 0.2) is 64.1 Å². The zero-order chi connectivity index (χ0) is 35.4. The van der Waals surface area contributed by atoms with E-state index in [-0.39, 0.29) is 31.5 Å². The fraction of sp³-hybridized carbons (Fsp3) is 0.385. The molecule has 0 N–H and O–H groups in total. The third-order valence-corrected chi connectivity index (χ3v) is 4.47. The van der Waals surface area contributed by atoms with Gasteiger partial charge in [-0.25, -0.2) is 28.8 Å². The van der Waals surface area contributed by atoms with E-state index in [9.17, 15) is 41.9 Å². The van der Waals surface area contributed by atoms with Gasteiger partial charge in [0.1, 0.15) is 25.7 Å². The molecule has 0 amide bonds. The molecule has 1 aromatic heterocycles. The molecule has 6 rings (SSSR count). The predicted octanol–water partition coefficient (Wildman–Crippen LogP) is 3.55. The number of carbonyl (C=O) groups excluding carboxylic acids is 5. The Hall–Kier alpha value is -6.07. The zero-order valence-electron chi connectivity index (χ0n) is 23.7. The predicted molar refractivity (Wildman–Crippen MR) is 139 cm³/mol. The summed E-state index contributed by atoms with van der Waals surface area (Å²) in [5.74, 6) is 1.57. The van der Waals surface area contributed by atoms with Gasteiger partial charge in [0, 0.05) is 0 Å². The van der Waals surface area contributed by atoms with Crippen molar-refractivity contribution in [2.75, 3.05) is 19.8 Å². The van der Waals surface area contributed by atoms with Crippen LogP contribution in [0.3, 0.4) is 0 Å². The average molecular weight is 682 g/mol. The summed E-state index contributed by atoms with van der Waals surface area (Å²) < 4.78 is 85.1. The number of hydrogen-bond acceptors (Lipinski definition) is 18. The second kappa shape index (κ2) is 20.8. The van der Waals surface area contributed by atoms with Crippen LogP contribution < -0.4 is 5.82 Å². The molecule has 0 aliphatic carbocycles. The SMILES string of the molecule is C#CC1COC(=O)O1.C=CC1COC(=O)O1.C=CC1OC(=O)OC1C=C.O=C1OC(F)C(F)O1.O=C1OCC(F)O1.O=c1occo1. The summed E-state index contributed by atoms with van der Waals surface area (Å²) in [7, 11) is 0. The summed E-state index contributed by atoms with van der Waals surface area (Å²) in [6, 6.07) is 0. The minimum absolute atomic E-state index is 0.190. The van der Waals surface area contributed by atoms with Crippen LogP contribution in [0.5, 0.6) is 0 Å². The van der Waals surface area contributed by atoms with Gasteiger partial charge >= 0.3 is 49.3 Å². The van der Waals surface area contributed by atoms with Crippen molar-refractivity contribution in [3.63, 3.8) is 0 Å². The second-order valence-electron chi connectivity index (χ2n) is 7.71. The highest BCUT2D eigenvalue weighted by atomic mass is 19.2. The zero-order valence-corrected chi connectivity index (χ0v) is 23.7. The van der Waals surface area contributed by atoms with Crippen molar-refractivity contribution in [1.29, 1.82) is 0 Å². The fourth-order valence-corrected chi connectivity index (χ4v) is 2.44. The largest absolute Gasteiger partial charge is 0.518 e. The lowest BCUT2D eigenvalue weighted by molar-refractivity contribution is -0.0349. The molecular formula is C26H25F3O18. The minimum Gasteiger partial charge on any atom is -0.430 e. The van der Waals surface area contributed by atoms with Crippen LogP contribution in [0.4, 0.5) is 37.1 Å². The molecule has 0 aromatic carbocycles. The Bertz CT molecular complexity index is 1270. The molecule has 0 saturated carbocycles. The van der Waals surface area contributed by atoms with E-state index in [0.29, 0.717) is 6.61 Å². The molecule has 5 aliphatic heterocycles. The van der Waals surface area contributed by atoms with E-state index in [0.717, 1.165) is 0 Å². The number of halogens is 3. The van der Waals surface area contributed by atoms with E-state index in [1.807, 2.05) is 0 Å². The summed E-state index contributed by atoms with van der Waals surface area (Å²) in [6.45, 7) is 10.6. The van der Waals surface area contributed by atoms with Crippen molar-refractivity contribution in [3.8, 4) is 12.3 Å². The van der Waals surface area contributed by atoms with Crippen LogP contribution in [0.25, 0.3) is 0 Å². The molecule has 258 valence electrons. The molecule has 7 unspecified atom stereocenters. The maximum absolute atomic E-state index is 11.6. The first-order valence-corrected chi connectivity index (χ1v) is 12.3. The summed E-state index contributed by atoms with van der Waals surface area (Å²) in [4.78, 5) is 59.9. The topological polar surface area (TPSA) is 221 Å². The molecule has 1 aromatic rings. The Morgan fingerprint density at radius 3 is 1.30 bits per heavy atom. The van der Waals surface area contributed by atoms with Crippen LogP contribution in [0.1, 0.15) is 0 Å².